The van der Waals surface area contributed by atoms with Gasteiger partial charge in [0.25, 0.3) is 0 Å². The molecule has 0 spiro atoms. The number of likely N-dealkylation sites (tertiary alicyclic amines) is 2. The molecule has 166 valence electrons. The zero-order chi connectivity index (χ0) is 21.6. The van der Waals surface area contributed by atoms with Crippen molar-refractivity contribution in [3.63, 3.8) is 0 Å². The third-order valence-electron chi connectivity index (χ3n) is 6.35. The predicted molar refractivity (Wildman–Crippen MR) is 127 cm³/mol. The van der Waals surface area contributed by atoms with Crippen molar-refractivity contribution < 1.29 is 4.79 Å². The van der Waals surface area contributed by atoms with Gasteiger partial charge in [0.15, 0.2) is 0 Å². The molecule has 0 saturated carbocycles. The summed E-state index contributed by atoms with van der Waals surface area (Å²) in [7, 11) is 0. The number of amides is 1. The summed E-state index contributed by atoms with van der Waals surface area (Å²) in [6.45, 7) is 6.49. The lowest BCUT2D eigenvalue weighted by Gasteiger charge is -2.32. The summed E-state index contributed by atoms with van der Waals surface area (Å²) >= 11 is 12.3. The molecule has 2 aromatic carbocycles. The van der Waals surface area contributed by atoms with Crippen molar-refractivity contribution in [3.05, 3.63) is 69.2 Å². The first-order valence-corrected chi connectivity index (χ1v) is 12.1. The first-order valence-electron chi connectivity index (χ1n) is 11.3. The van der Waals surface area contributed by atoms with Crippen molar-refractivity contribution in [3.8, 4) is 0 Å². The normalized spacial score (nSPS) is 20.1. The summed E-state index contributed by atoms with van der Waals surface area (Å²) in [6, 6.07) is 14.2. The fourth-order valence-corrected chi connectivity index (χ4v) is 5.14. The monoisotopic (exact) mass is 459 g/mol. The molecule has 2 aromatic rings. The fourth-order valence-electron chi connectivity index (χ4n) is 4.67. The Balaban J connectivity index is 1.28. The van der Waals surface area contributed by atoms with E-state index in [9.17, 15) is 4.79 Å². The van der Waals surface area contributed by atoms with E-state index in [0.29, 0.717) is 16.6 Å². The third-order valence-corrected chi connectivity index (χ3v) is 6.94. The van der Waals surface area contributed by atoms with Crippen LogP contribution in [0.15, 0.2) is 42.5 Å². The Labute approximate surface area is 195 Å². The molecule has 2 heterocycles. The van der Waals surface area contributed by atoms with Gasteiger partial charge in [-0.2, -0.15) is 0 Å². The SMILES string of the molecule is O=C(NCc1cccc(CN2CCCC2)c1)C1CCCN(Cc2ccc(Cl)cc2Cl)C1. The highest BCUT2D eigenvalue weighted by molar-refractivity contribution is 6.35. The number of nitrogens with one attached hydrogen (secondary N) is 1. The molecule has 4 nitrogen and oxygen atoms in total. The molecule has 6 heteroatoms. The van der Waals surface area contributed by atoms with E-state index in [0.717, 1.165) is 44.6 Å². The number of hydrogen-bond donors (Lipinski definition) is 1. The molecule has 0 aliphatic carbocycles. The molecule has 0 aromatic heterocycles. The van der Waals surface area contributed by atoms with Crippen LogP contribution in [-0.4, -0.2) is 41.9 Å². The van der Waals surface area contributed by atoms with Gasteiger partial charge in [0, 0.05) is 36.2 Å². The molecule has 4 rings (SSSR count). The van der Waals surface area contributed by atoms with E-state index < -0.39 is 0 Å². The molecule has 2 saturated heterocycles. The van der Waals surface area contributed by atoms with Crippen LogP contribution in [0.4, 0.5) is 0 Å². The quantitative estimate of drug-likeness (QED) is 0.623. The number of carbonyl (C=O) groups is 1. The molecular formula is C25H31Cl2N3O. The van der Waals surface area contributed by atoms with Crippen molar-refractivity contribution in [1.82, 2.24) is 15.1 Å². The minimum absolute atomic E-state index is 0.0209. The van der Waals surface area contributed by atoms with E-state index in [1.165, 1.54) is 37.1 Å². The van der Waals surface area contributed by atoms with E-state index in [2.05, 4.69) is 39.4 Å². The Morgan fingerprint density at radius 3 is 2.52 bits per heavy atom. The van der Waals surface area contributed by atoms with Crippen molar-refractivity contribution in [2.24, 2.45) is 5.92 Å². The number of halogens is 2. The van der Waals surface area contributed by atoms with E-state index in [-0.39, 0.29) is 11.8 Å². The molecule has 2 fully saturated rings. The van der Waals surface area contributed by atoms with Gasteiger partial charge in [-0.15, -0.1) is 0 Å². The van der Waals surface area contributed by atoms with Gasteiger partial charge in [-0.3, -0.25) is 14.6 Å². The van der Waals surface area contributed by atoms with Crippen LogP contribution in [0.1, 0.15) is 42.4 Å². The van der Waals surface area contributed by atoms with Gasteiger partial charge in [0.2, 0.25) is 5.91 Å². The van der Waals surface area contributed by atoms with Crippen molar-refractivity contribution in [2.45, 2.75) is 45.3 Å². The zero-order valence-corrected chi connectivity index (χ0v) is 19.5. The van der Waals surface area contributed by atoms with Crippen LogP contribution >= 0.6 is 23.2 Å². The minimum Gasteiger partial charge on any atom is -0.352 e. The van der Waals surface area contributed by atoms with E-state index in [1.54, 1.807) is 6.07 Å². The number of rotatable bonds is 7. The van der Waals surface area contributed by atoms with Crippen LogP contribution in [0.2, 0.25) is 10.0 Å². The molecule has 1 N–H and O–H groups in total. The van der Waals surface area contributed by atoms with Gasteiger partial charge in [-0.1, -0.05) is 53.5 Å². The maximum absolute atomic E-state index is 12.9. The summed E-state index contributed by atoms with van der Waals surface area (Å²) in [6.07, 6.45) is 4.57. The highest BCUT2D eigenvalue weighted by Crippen LogP contribution is 2.25. The average molecular weight is 460 g/mol. The Bertz CT molecular complexity index is 898. The Hall–Kier alpha value is -1.59. The van der Waals surface area contributed by atoms with Crippen LogP contribution in [0.3, 0.4) is 0 Å². The highest BCUT2D eigenvalue weighted by Gasteiger charge is 2.26. The van der Waals surface area contributed by atoms with Gasteiger partial charge in [-0.05, 0) is 74.1 Å². The molecule has 1 unspecified atom stereocenters. The average Bonchev–Trinajstić information content (AvgIpc) is 3.27. The zero-order valence-electron chi connectivity index (χ0n) is 18.0. The molecule has 2 aliphatic rings. The third kappa shape index (κ3) is 6.45. The smallest absolute Gasteiger partial charge is 0.224 e. The summed E-state index contributed by atoms with van der Waals surface area (Å²) in [5.41, 5.74) is 3.56. The largest absolute Gasteiger partial charge is 0.352 e. The lowest BCUT2D eigenvalue weighted by atomic mass is 9.96. The predicted octanol–water partition coefficient (Wildman–Crippen LogP) is 5.12. The fraction of sp³-hybridized carbons (Fsp3) is 0.480. The van der Waals surface area contributed by atoms with Crippen LogP contribution < -0.4 is 5.32 Å². The number of hydrogen-bond acceptors (Lipinski definition) is 3. The van der Waals surface area contributed by atoms with Gasteiger partial charge in [0.05, 0.1) is 5.92 Å². The second-order valence-corrected chi connectivity index (χ2v) is 9.67. The molecule has 31 heavy (non-hydrogen) atoms. The van der Waals surface area contributed by atoms with Crippen LogP contribution in [-0.2, 0) is 24.4 Å². The lowest BCUT2D eigenvalue weighted by Crippen LogP contribution is -2.42. The second kappa shape index (κ2) is 10.8. The molecule has 1 atom stereocenters. The van der Waals surface area contributed by atoms with Crippen LogP contribution in [0.5, 0.6) is 0 Å². The number of benzene rings is 2. The van der Waals surface area contributed by atoms with Crippen LogP contribution in [0, 0.1) is 5.92 Å². The van der Waals surface area contributed by atoms with E-state index >= 15 is 0 Å². The highest BCUT2D eigenvalue weighted by atomic mass is 35.5. The molecule has 2 aliphatic heterocycles. The van der Waals surface area contributed by atoms with Crippen molar-refractivity contribution >= 4 is 29.1 Å². The summed E-state index contributed by atoms with van der Waals surface area (Å²) in [4.78, 5) is 17.7. The lowest BCUT2D eigenvalue weighted by molar-refractivity contribution is -0.126. The molecule has 1 amide bonds. The van der Waals surface area contributed by atoms with Gasteiger partial charge < -0.3 is 5.32 Å². The molecule has 0 bridgehead atoms. The van der Waals surface area contributed by atoms with E-state index in [4.69, 9.17) is 23.2 Å². The van der Waals surface area contributed by atoms with Gasteiger partial charge >= 0.3 is 0 Å². The van der Waals surface area contributed by atoms with Crippen molar-refractivity contribution in [1.29, 1.82) is 0 Å². The Morgan fingerprint density at radius 2 is 1.71 bits per heavy atom. The number of piperidine rings is 1. The molecule has 0 radical (unpaired) electrons. The second-order valence-electron chi connectivity index (χ2n) is 8.83. The first kappa shape index (κ1) is 22.6. The standard InChI is InChI=1S/C25H31Cl2N3O/c26-23-9-8-21(24(27)14-23)17-30-12-4-7-22(18-30)25(31)28-15-19-5-3-6-20(13-19)16-29-10-1-2-11-29/h3,5-6,8-9,13-14,22H,1-2,4,7,10-12,15-18H2,(H,28,31). The van der Waals surface area contributed by atoms with Gasteiger partial charge in [-0.25, -0.2) is 0 Å². The van der Waals surface area contributed by atoms with Crippen LogP contribution in [0.25, 0.3) is 0 Å². The number of nitrogens with zero attached hydrogens (tertiary/aromatic N) is 2. The topological polar surface area (TPSA) is 35.6 Å². The maximum atomic E-state index is 12.9. The van der Waals surface area contributed by atoms with Gasteiger partial charge in [0.1, 0.15) is 0 Å². The first-order chi connectivity index (χ1) is 15.1. The summed E-state index contributed by atoms with van der Waals surface area (Å²) in [5.74, 6) is 0.171. The molecular weight excluding hydrogens is 429 g/mol. The maximum Gasteiger partial charge on any atom is 0.224 e. The number of carbonyl (C=O) groups excluding carboxylic acids is 1. The van der Waals surface area contributed by atoms with E-state index in [1.807, 2.05) is 12.1 Å². The Morgan fingerprint density at radius 1 is 0.935 bits per heavy atom. The summed E-state index contributed by atoms with van der Waals surface area (Å²) < 4.78 is 0. The summed E-state index contributed by atoms with van der Waals surface area (Å²) in [5, 5.41) is 4.51. The van der Waals surface area contributed by atoms with Crippen molar-refractivity contribution in [2.75, 3.05) is 26.2 Å². The Kier molecular flexibility index (Phi) is 7.89. The minimum atomic E-state index is 0.0209.